The predicted molar refractivity (Wildman–Crippen MR) is 109 cm³/mol. The highest BCUT2D eigenvalue weighted by atomic mass is 19.1. The molecule has 1 aliphatic heterocycles. The summed E-state index contributed by atoms with van der Waals surface area (Å²) in [6.07, 6.45) is 1.22. The van der Waals surface area contributed by atoms with Crippen LogP contribution in [0.3, 0.4) is 0 Å². The smallest absolute Gasteiger partial charge is 0.234 e. The van der Waals surface area contributed by atoms with Crippen LogP contribution in [0.2, 0.25) is 0 Å². The number of aliphatic hydroxyl groups is 1. The maximum absolute atomic E-state index is 14.2. The SMILES string of the molecule is Cn1ccc2cc(-c3cc(F)cc(OCC(O)CN4CCNC(=O)C4)c3)ccc21. The lowest BCUT2D eigenvalue weighted by molar-refractivity contribution is -0.124. The fourth-order valence-electron chi connectivity index (χ4n) is 3.66. The molecule has 1 fully saturated rings. The molecule has 6 nitrogen and oxygen atoms in total. The number of hydrogen-bond donors (Lipinski definition) is 2. The summed E-state index contributed by atoms with van der Waals surface area (Å²) in [6.45, 7) is 1.89. The van der Waals surface area contributed by atoms with E-state index in [1.165, 1.54) is 12.1 Å². The van der Waals surface area contributed by atoms with Crippen molar-refractivity contribution in [3.05, 3.63) is 54.5 Å². The van der Waals surface area contributed by atoms with Crippen LogP contribution < -0.4 is 10.1 Å². The average molecular weight is 397 g/mol. The first-order chi connectivity index (χ1) is 14.0. The van der Waals surface area contributed by atoms with Crippen LogP contribution in [-0.2, 0) is 11.8 Å². The number of ether oxygens (including phenoxy) is 1. The van der Waals surface area contributed by atoms with E-state index in [-0.39, 0.29) is 19.1 Å². The minimum absolute atomic E-state index is 0.0265. The molecule has 1 amide bonds. The average Bonchev–Trinajstić information content (AvgIpc) is 3.06. The highest BCUT2D eigenvalue weighted by Crippen LogP contribution is 2.28. The van der Waals surface area contributed by atoms with Crippen molar-refractivity contribution in [2.75, 3.05) is 32.8 Å². The number of hydrogen-bond acceptors (Lipinski definition) is 4. The molecule has 2 aromatic carbocycles. The summed E-state index contributed by atoms with van der Waals surface area (Å²) in [5.41, 5.74) is 2.72. The number of nitrogens with zero attached hydrogens (tertiary/aromatic N) is 2. The summed E-state index contributed by atoms with van der Waals surface area (Å²) in [6, 6.07) is 12.6. The van der Waals surface area contributed by atoms with Crippen LogP contribution in [0.25, 0.3) is 22.0 Å². The van der Waals surface area contributed by atoms with Crippen molar-refractivity contribution in [1.29, 1.82) is 0 Å². The van der Waals surface area contributed by atoms with Gasteiger partial charge in [-0.1, -0.05) is 6.07 Å². The van der Waals surface area contributed by atoms with Crippen LogP contribution in [0.15, 0.2) is 48.7 Å². The summed E-state index contributed by atoms with van der Waals surface area (Å²) in [7, 11) is 1.98. The van der Waals surface area contributed by atoms with Gasteiger partial charge >= 0.3 is 0 Å². The zero-order chi connectivity index (χ0) is 20.4. The Balaban J connectivity index is 1.44. The Labute approximate surface area is 168 Å². The van der Waals surface area contributed by atoms with Crippen molar-refractivity contribution < 1.29 is 19.0 Å². The zero-order valence-corrected chi connectivity index (χ0v) is 16.3. The van der Waals surface area contributed by atoms with Gasteiger partial charge in [0.25, 0.3) is 0 Å². The molecule has 3 aromatic rings. The minimum atomic E-state index is -0.770. The molecule has 2 N–H and O–H groups in total. The van der Waals surface area contributed by atoms with Crippen LogP contribution in [-0.4, -0.2) is 59.4 Å². The molecule has 1 atom stereocenters. The molecule has 0 spiro atoms. The topological polar surface area (TPSA) is 66.7 Å². The van der Waals surface area contributed by atoms with Gasteiger partial charge in [-0.2, -0.15) is 0 Å². The van der Waals surface area contributed by atoms with Gasteiger partial charge in [-0.05, 0) is 41.5 Å². The number of fused-ring (bicyclic) bond motifs is 1. The quantitative estimate of drug-likeness (QED) is 0.669. The molecular formula is C22H24FN3O3. The summed E-state index contributed by atoms with van der Waals surface area (Å²) in [5, 5.41) is 14.1. The normalized spacial score (nSPS) is 16.0. The maximum Gasteiger partial charge on any atom is 0.234 e. The summed E-state index contributed by atoms with van der Waals surface area (Å²) >= 11 is 0. The number of carbonyl (C=O) groups is 1. The lowest BCUT2D eigenvalue weighted by Gasteiger charge is -2.28. The van der Waals surface area contributed by atoms with E-state index in [1.54, 1.807) is 6.07 Å². The molecule has 0 radical (unpaired) electrons. The van der Waals surface area contributed by atoms with Crippen molar-refractivity contribution >= 4 is 16.8 Å². The van der Waals surface area contributed by atoms with Gasteiger partial charge in [-0.15, -0.1) is 0 Å². The highest BCUT2D eigenvalue weighted by molar-refractivity contribution is 5.85. The van der Waals surface area contributed by atoms with Crippen LogP contribution >= 0.6 is 0 Å². The third-order valence-corrected chi connectivity index (χ3v) is 5.12. The van der Waals surface area contributed by atoms with E-state index in [2.05, 4.69) is 5.32 Å². The third kappa shape index (κ3) is 4.58. The molecule has 0 saturated carbocycles. The van der Waals surface area contributed by atoms with Crippen molar-refractivity contribution in [2.45, 2.75) is 6.10 Å². The van der Waals surface area contributed by atoms with Gasteiger partial charge in [0.15, 0.2) is 0 Å². The zero-order valence-electron chi connectivity index (χ0n) is 16.3. The molecule has 1 aliphatic rings. The molecular weight excluding hydrogens is 373 g/mol. The number of aliphatic hydroxyl groups excluding tert-OH is 1. The molecule has 0 bridgehead atoms. The van der Waals surface area contributed by atoms with Gasteiger partial charge in [0, 0.05) is 49.8 Å². The van der Waals surface area contributed by atoms with E-state index >= 15 is 0 Å². The first-order valence-electron chi connectivity index (χ1n) is 9.64. The number of carbonyl (C=O) groups excluding carboxylic acids is 1. The first-order valence-corrected chi connectivity index (χ1v) is 9.64. The fourth-order valence-corrected chi connectivity index (χ4v) is 3.66. The van der Waals surface area contributed by atoms with Crippen molar-refractivity contribution in [3.63, 3.8) is 0 Å². The highest BCUT2D eigenvalue weighted by Gasteiger charge is 2.19. The first kappa shape index (κ1) is 19.4. The number of benzene rings is 2. The van der Waals surface area contributed by atoms with Gasteiger partial charge in [0.05, 0.1) is 6.54 Å². The van der Waals surface area contributed by atoms with E-state index in [1.807, 2.05) is 47.0 Å². The van der Waals surface area contributed by atoms with E-state index in [4.69, 9.17) is 4.74 Å². The second kappa shape index (κ2) is 8.23. The molecule has 1 saturated heterocycles. The molecule has 152 valence electrons. The Kier molecular flexibility index (Phi) is 5.51. The maximum atomic E-state index is 14.2. The number of halogens is 1. The Bertz CT molecular complexity index is 1030. The number of aryl methyl sites for hydroxylation is 1. The van der Waals surface area contributed by atoms with E-state index in [9.17, 15) is 14.3 Å². The Morgan fingerprint density at radius 1 is 1.21 bits per heavy atom. The Hall–Kier alpha value is -2.90. The standard InChI is InChI=1S/C22H24FN3O3/c1-25-6-4-16-8-15(2-3-21(16)25)17-9-18(23)11-20(10-17)29-14-19(27)12-26-7-5-24-22(28)13-26/h2-4,6,8-11,19,27H,5,7,12-14H2,1H3,(H,24,28). The van der Waals surface area contributed by atoms with E-state index < -0.39 is 11.9 Å². The number of amides is 1. The number of piperazine rings is 1. The summed E-state index contributed by atoms with van der Waals surface area (Å²) in [4.78, 5) is 13.3. The minimum Gasteiger partial charge on any atom is -0.491 e. The number of aromatic nitrogens is 1. The van der Waals surface area contributed by atoms with Crippen LogP contribution in [0.4, 0.5) is 4.39 Å². The van der Waals surface area contributed by atoms with Crippen molar-refractivity contribution in [2.24, 2.45) is 7.05 Å². The van der Waals surface area contributed by atoms with Gasteiger partial charge in [0.2, 0.25) is 5.91 Å². The molecule has 1 unspecified atom stereocenters. The predicted octanol–water partition coefficient (Wildman–Crippen LogP) is 2.16. The van der Waals surface area contributed by atoms with Gasteiger partial charge in [-0.25, -0.2) is 4.39 Å². The summed E-state index contributed by atoms with van der Waals surface area (Å²) in [5.74, 6) is -0.0778. The second-order valence-corrected chi connectivity index (χ2v) is 7.43. The molecule has 7 heteroatoms. The van der Waals surface area contributed by atoms with Crippen molar-refractivity contribution in [3.8, 4) is 16.9 Å². The Morgan fingerprint density at radius 3 is 2.90 bits per heavy atom. The lowest BCUT2D eigenvalue weighted by Crippen LogP contribution is -2.50. The Morgan fingerprint density at radius 2 is 2.07 bits per heavy atom. The van der Waals surface area contributed by atoms with Gasteiger partial charge in [0.1, 0.15) is 24.3 Å². The third-order valence-electron chi connectivity index (χ3n) is 5.12. The monoisotopic (exact) mass is 397 g/mol. The van der Waals surface area contributed by atoms with Crippen LogP contribution in [0, 0.1) is 5.82 Å². The van der Waals surface area contributed by atoms with Gasteiger partial charge in [-0.3, -0.25) is 9.69 Å². The van der Waals surface area contributed by atoms with E-state index in [0.717, 1.165) is 16.5 Å². The van der Waals surface area contributed by atoms with Crippen LogP contribution in [0.5, 0.6) is 5.75 Å². The van der Waals surface area contributed by atoms with Crippen molar-refractivity contribution in [1.82, 2.24) is 14.8 Å². The molecule has 1 aromatic heterocycles. The van der Waals surface area contributed by atoms with Gasteiger partial charge < -0.3 is 19.7 Å². The van der Waals surface area contributed by atoms with Crippen LogP contribution in [0.1, 0.15) is 0 Å². The lowest BCUT2D eigenvalue weighted by atomic mass is 10.0. The van der Waals surface area contributed by atoms with E-state index in [0.29, 0.717) is 30.9 Å². The number of β-amino-alcohol motifs (C(OH)–C–C–N with tert-alkyl or cyclic N) is 1. The second-order valence-electron chi connectivity index (χ2n) is 7.43. The fraction of sp³-hybridized carbons (Fsp3) is 0.318. The number of rotatable bonds is 6. The molecule has 4 rings (SSSR count). The largest absolute Gasteiger partial charge is 0.491 e. The number of nitrogens with one attached hydrogen (secondary N) is 1. The molecule has 29 heavy (non-hydrogen) atoms. The molecule has 2 heterocycles. The summed E-state index contributed by atoms with van der Waals surface area (Å²) < 4.78 is 21.9. The molecule has 0 aliphatic carbocycles.